The number of ether oxygens (including phenoxy) is 2. The zero-order valence-electron chi connectivity index (χ0n) is 23.9. The van der Waals surface area contributed by atoms with Crippen LogP contribution >= 0.6 is 11.3 Å². The van der Waals surface area contributed by atoms with Crippen LogP contribution < -0.4 is 9.47 Å². The number of carbonyl (C=O) groups excluding carboxylic acids is 2. The number of hydrogen-bond acceptors (Lipinski definition) is 6. The summed E-state index contributed by atoms with van der Waals surface area (Å²) in [5, 5.41) is 2.06. The molecule has 0 atom stereocenters. The molecule has 1 aromatic heterocycles. The van der Waals surface area contributed by atoms with Gasteiger partial charge in [-0.2, -0.15) is 0 Å². The molecule has 0 saturated carbocycles. The maximum atomic E-state index is 13.9. The molecule has 0 unspecified atom stereocenters. The van der Waals surface area contributed by atoms with Gasteiger partial charge in [0.2, 0.25) is 11.8 Å². The van der Waals surface area contributed by atoms with Gasteiger partial charge in [0.15, 0.2) is 11.5 Å². The van der Waals surface area contributed by atoms with Crippen LogP contribution in [0.3, 0.4) is 0 Å². The van der Waals surface area contributed by atoms with Crippen LogP contribution in [0.5, 0.6) is 11.5 Å². The van der Waals surface area contributed by atoms with E-state index in [9.17, 15) is 9.59 Å². The molecule has 0 aliphatic carbocycles. The molecule has 0 N–H and O–H groups in total. The summed E-state index contributed by atoms with van der Waals surface area (Å²) in [5.41, 5.74) is 3.20. The van der Waals surface area contributed by atoms with Gasteiger partial charge in [-0.05, 0) is 79.5 Å². The predicted octanol–water partition coefficient (Wildman–Crippen LogP) is 4.81. The Kier molecular flexibility index (Phi) is 11.0. The number of amides is 2. The highest BCUT2D eigenvalue weighted by Gasteiger charge is 2.24. The highest BCUT2D eigenvalue weighted by atomic mass is 32.1. The number of benzene rings is 2. The van der Waals surface area contributed by atoms with Crippen LogP contribution in [-0.4, -0.2) is 80.0 Å². The Morgan fingerprint density at radius 1 is 0.875 bits per heavy atom. The van der Waals surface area contributed by atoms with Gasteiger partial charge in [0.05, 0.1) is 33.7 Å². The number of nitrogens with zero attached hydrogens (tertiary/aromatic N) is 3. The molecule has 3 aromatic rings. The van der Waals surface area contributed by atoms with Crippen LogP contribution in [0.25, 0.3) is 0 Å². The van der Waals surface area contributed by atoms with Gasteiger partial charge >= 0.3 is 0 Å². The Balaban J connectivity index is 1.49. The molecule has 7 nitrogen and oxygen atoms in total. The van der Waals surface area contributed by atoms with Gasteiger partial charge in [0.25, 0.3) is 0 Å². The molecule has 2 amide bonds. The molecular formula is C32H41N3O4S. The lowest BCUT2D eigenvalue weighted by molar-refractivity contribution is -0.140. The third kappa shape index (κ3) is 8.32. The minimum Gasteiger partial charge on any atom is -0.493 e. The van der Waals surface area contributed by atoms with Crippen molar-refractivity contribution < 1.29 is 19.1 Å². The van der Waals surface area contributed by atoms with Crippen molar-refractivity contribution in [3.63, 3.8) is 0 Å². The largest absolute Gasteiger partial charge is 0.493 e. The Labute approximate surface area is 242 Å². The maximum absolute atomic E-state index is 13.9. The summed E-state index contributed by atoms with van der Waals surface area (Å²) < 4.78 is 10.9. The number of methoxy groups -OCH3 is 2. The van der Waals surface area contributed by atoms with Gasteiger partial charge in [0, 0.05) is 24.5 Å². The third-order valence-corrected chi connectivity index (χ3v) is 8.54. The molecule has 0 radical (unpaired) electrons. The van der Waals surface area contributed by atoms with Gasteiger partial charge in [0.1, 0.15) is 0 Å². The Hall–Kier alpha value is -3.36. The van der Waals surface area contributed by atoms with Gasteiger partial charge in [-0.15, -0.1) is 11.3 Å². The van der Waals surface area contributed by atoms with Gasteiger partial charge in [-0.1, -0.05) is 36.4 Å². The first-order valence-electron chi connectivity index (χ1n) is 14.0. The molecular weight excluding hydrogens is 522 g/mol. The average molecular weight is 564 g/mol. The molecule has 40 heavy (non-hydrogen) atoms. The molecule has 1 fully saturated rings. The molecule has 1 saturated heterocycles. The van der Waals surface area contributed by atoms with Crippen LogP contribution in [0.4, 0.5) is 0 Å². The van der Waals surface area contributed by atoms with Crippen LogP contribution in [0.15, 0.2) is 60.0 Å². The zero-order chi connectivity index (χ0) is 28.3. The van der Waals surface area contributed by atoms with E-state index in [2.05, 4.69) is 23.3 Å². The molecule has 0 spiro atoms. The molecule has 8 heteroatoms. The summed E-state index contributed by atoms with van der Waals surface area (Å²) >= 11 is 1.66. The lowest BCUT2D eigenvalue weighted by atomic mass is 10.1. The van der Waals surface area contributed by atoms with E-state index in [1.54, 1.807) is 30.5 Å². The van der Waals surface area contributed by atoms with E-state index in [0.717, 1.165) is 30.8 Å². The minimum absolute atomic E-state index is 0.00843. The van der Waals surface area contributed by atoms with E-state index in [1.165, 1.54) is 23.3 Å². The molecule has 1 aliphatic heterocycles. The fourth-order valence-electron chi connectivity index (χ4n) is 5.04. The first kappa shape index (κ1) is 29.6. The lowest BCUT2D eigenvalue weighted by Gasteiger charge is -2.29. The lowest BCUT2D eigenvalue weighted by Crippen LogP contribution is -2.46. The van der Waals surface area contributed by atoms with Crippen molar-refractivity contribution in [3.8, 4) is 11.5 Å². The normalized spacial score (nSPS) is 13.3. The monoisotopic (exact) mass is 563 g/mol. The topological polar surface area (TPSA) is 62.3 Å². The summed E-state index contributed by atoms with van der Waals surface area (Å²) in [6.07, 6.45) is 3.36. The fraction of sp³-hybridized carbons (Fsp3) is 0.438. The zero-order valence-corrected chi connectivity index (χ0v) is 24.8. The Morgan fingerprint density at radius 3 is 2.30 bits per heavy atom. The minimum atomic E-state index is -0.0314. The molecule has 214 valence electrons. The van der Waals surface area contributed by atoms with E-state index >= 15 is 0 Å². The van der Waals surface area contributed by atoms with Crippen molar-refractivity contribution in [2.75, 3.05) is 53.5 Å². The Morgan fingerprint density at radius 2 is 1.62 bits per heavy atom. The van der Waals surface area contributed by atoms with Gasteiger partial charge in [-0.25, -0.2) is 0 Å². The van der Waals surface area contributed by atoms with Crippen molar-refractivity contribution in [2.24, 2.45) is 0 Å². The van der Waals surface area contributed by atoms with Gasteiger partial charge < -0.3 is 24.2 Å². The van der Waals surface area contributed by atoms with Crippen molar-refractivity contribution in [2.45, 2.75) is 39.2 Å². The number of carbonyl (C=O) groups is 2. The smallest absolute Gasteiger partial charge is 0.242 e. The summed E-state index contributed by atoms with van der Waals surface area (Å²) in [7, 11) is 3.25. The second kappa shape index (κ2) is 14.9. The highest BCUT2D eigenvalue weighted by Crippen LogP contribution is 2.28. The molecule has 0 bridgehead atoms. The number of aryl methyl sites for hydroxylation is 1. The van der Waals surface area contributed by atoms with E-state index in [4.69, 9.17) is 9.47 Å². The first-order valence-corrected chi connectivity index (χ1v) is 14.9. The van der Waals surface area contributed by atoms with Crippen molar-refractivity contribution >= 4 is 23.2 Å². The van der Waals surface area contributed by atoms with Crippen LogP contribution in [0.1, 0.15) is 34.4 Å². The predicted molar refractivity (Wildman–Crippen MR) is 160 cm³/mol. The number of hydrogen-bond donors (Lipinski definition) is 0. The van der Waals surface area contributed by atoms with Crippen LogP contribution in [-0.2, 0) is 29.0 Å². The number of likely N-dealkylation sites (tertiary alicyclic amines) is 1. The van der Waals surface area contributed by atoms with E-state index in [-0.39, 0.29) is 18.4 Å². The molecule has 2 heterocycles. The highest BCUT2D eigenvalue weighted by molar-refractivity contribution is 7.10. The number of thiophene rings is 1. The maximum Gasteiger partial charge on any atom is 0.242 e. The summed E-state index contributed by atoms with van der Waals surface area (Å²) in [6, 6.07) is 17.7. The fourth-order valence-corrected chi connectivity index (χ4v) is 5.96. The van der Waals surface area contributed by atoms with Crippen molar-refractivity contribution in [3.05, 3.63) is 81.5 Å². The van der Waals surface area contributed by atoms with E-state index in [0.29, 0.717) is 44.0 Å². The Bertz CT molecular complexity index is 1240. The quantitative estimate of drug-likeness (QED) is 0.282. The van der Waals surface area contributed by atoms with E-state index in [1.807, 2.05) is 53.4 Å². The summed E-state index contributed by atoms with van der Waals surface area (Å²) in [6.45, 7) is 6.70. The molecule has 4 rings (SSSR count). The summed E-state index contributed by atoms with van der Waals surface area (Å²) in [5.74, 6) is 1.31. The standard InChI is InChI=1S/C32H41N3O4S/c1-25-14-20-40-30(25)23-34(17-13-27-11-12-28(38-2)29(21-27)39-3)32(37)24-35(19-18-33-15-7-8-16-33)31(36)22-26-9-5-4-6-10-26/h4-6,9-12,14,20-21H,7-8,13,15-19,22-24H2,1-3H3. The molecule has 2 aromatic carbocycles. The SMILES string of the molecule is COc1ccc(CCN(Cc2sccc2C)C(=O)CN(CCN2CCCC2)C(=O)Cc2ccccc2)cc1OC. The van der Waals surface area contributed by atoms with Crippen LogP contribution in [0.2, 0.25) is 0 Å². The average Bonchev–Trinajstić information content (AvgIpc) is 3.65. The van der Waals surface area contributed by atoms with Crippen molar-refractivity contribution in [1.82, 2.24) is 14.7 Å². The van der Waals surface area contributed by atoms with E-state index < -0.39 is 0 Å². The van der Waals surface area contributed by atoms with Gasteiger partial charge in [-0.3, -0.25) is 9.59 Å². The third-order valence-electron chi connectivity index (χ3n) is 7.54. The number of rotatable bonds is 14. The summed E-state index contributed by atoms with van der Waals surface area (Å²) in [4.78, 5) is 34.5. The second-order valence-electron chi connectivity index (χ2n) is 10.3. The van der Waals surface area contributed by atoms with Crippen molar-refractivity contribution in [1.29, 1.82) is 0 Å². The second-order valence-corrected chi connectivity index (χ2v) is 11.3. The molecule has 1 aliphatic rings. The van der Waals surface area contributed by atoms with Crippen LogP contribution in [0, 0.1) is 6.92 Å². The first-order chi connectivity index (χ1) is 19.5.